The number of nitrogens with two attached hydrogens (primary N) is 1. The molecule has 0 bridgehead atoms. The standard InChI is InChI=1S/C29H30N2O2Si/c1-29(2,3)26(33-34(20-11-6-4-7-12-20)21-13-8-5-9-14-21)19-31-25-18-17-24(30)22-15-10-16-23(27(22)25)28(31)32/h4-18,26,34H,19,30H2,1-3H3. The summed E-state index contributed by atoms with van der Waals surface area (Å²) in [6.45, 7) is 7.04. The van der Waals surface area contributed by atoms with Crippen LogP contribution in [0.4, 0.5) is 11.4 Å². The maximum Gasteiger partial charge on any atom is 0.259 e. The zero-order valence-electron chi connectivity index (χ0n) is 19.9. The van der Waals surface area contributed by atoms with Gasteiger partial charge in [0, 0.05) is 22.0 Å². The van der Waals surface area contributed by atoms with Crippen LogP contribution in [0, 0.1) is 5.41 Å². The van der Waals surface area contributed by atoms with Crippen molar-refractivity contribution in [3.63, 3.8) is 0 Å². The summed E-state index contributed by atoms with van der Waals surface area (Å²) in [6, 6.07) is 30.6. The number of rotatable bonds is 6. The maximum atomic E-state index is 13.5. The quantitative estimate of drug-likeness (QED) is 0.340. The van der Waals surface area contributed by atoms with Crippen LogP contribution in [0.1, 0.15) is 31.1 Å². The molecule has 1 atom stereocenters. The van der Waals surface area contributed by atoms with E-state index in [4.69, 9.17) is 10.2 Å². The molecule has 1 aliphatic heterocycles. The number of benzene rings is 4. The first-order valence-corrected chi connectivity index (χ1v) is 13.4. The van der Waals surface area contributed by atoms with Crippen molar-refractivity contribution in [3.05, 3.63) is 96.6 Å². The van der Waals surface area contributed by atoms with E-state index in [0.717, 1.165) is 16.5 Å². The van der Waals surface area contributed by atoms with Gasteiger partial charge in [-0.05, 0) is 34.0 Å². The summed E-state index contributed by atoms with van der Waals surface area (Å²) >= 11 is 0. The molecule has 0 radical (unpaired) electrons. The molecule has 1 aliphatic rings. The first-order chi connectivity index (χ1) is 16.3. The predicted octanol–water partition coefficient (Wildman–Crippen LogP) is 4.35. The number of hydrogen-bond donors (Lipinski definition) is 1. The van der Waals surface area contributed by atoms with E-state index in [1.165, 1.54) is 10.4 Å². The number of amides is 1. The van der Waals surface area contributed by atoms with Crippen molar-refractivity contribution in [1.82, 2.24) is 0 Å². The van der Waals surface area contributed by atoms with Crippen LogP contribution in [-0.4, -0.2) is 27.6 Å². The van der Waals surface area contributed by atoms with Gasteiger partial charge in [-0.25, -0.2) is 0 Å². The lowest BCUT2D eigenvalue weighted by atomic mass is 9.89. The van der Waals surface area contributed by atoms with Crippen molar-refractivity contribution in [2.45, 2.75) is 26.9 Å². The molecule has 4 aromatic rings. The second-order valence-electron chi connectivity index (χ2n) is 10.0. The molecular weight excluding hydrogens is 436 g/mol. The highest BCUT2D eigenvalue weighted by Crippen LogP contribution is 2.40. The Labute approximate surface area is 202 Å². The van der Waals surface area contributed by atoms with Crippen LogP contribution in [-0.2, 0) is 4.43 Å². The third-order valence-corrected chi connectivity index (χ3v) is 9.22. The summed E-state index contributed by atoms with van der Waals surface area (Å²) in [4.78, 5) is 15.4. The van der Waals surface area contributed by atoms with Crippen LogP contribution in [0.5, 0.6) is 0 Å². The first kappa shape index (κ1) is 22.4. The number of hydrogen-bond acceptors (Lipinski definition) is 3. The average Bonchev–Trinajstić information content (AvgIpc) is 3.11. The van der Waals surface area contributed by atoms with Crippen LogP contribution in [0.15, 0.2) is 91.0 Å². The molecule has 5 rings (SSSR count). The summed E-state index contributed by atoms with van der Waals surface area (Å²) < 4.78 is 7.04. The molecule has 4 aromatic carbocycles. The van der Waals surface area contributed by atoms with Gasteiger partial charge in [0.1, 0.15) is 0 Å². The first-order valence-electron chi connectivity index (χ1n) is 11.7. The van der Waals surface area contributed by atoms with Crippen molar-refractivity contribution < 1.29 is 9.22 Å². The van der Waals surface area contributed by atoms with E-state index in [1.54, 1.807) is 0 Å². The second kappa shape index (κ2) is 8.74. The van der Waals surface area contributed by atoms with E-state index in [0.29, 0.717) is 17.8 Å². The second-order valence-corrected chi connectivity index (χ2v) is 12.4. The highest BCUT2D eigenvalue weighted by atomic mass is 28.3. The molecule has 172 valence electrons. The smallest absolute Gasteiger partial charge is 0.259 e. The van der Waals surface area contributed by atoms with Gasteiger partial charge in [-0.1, -0.05) is 93.6 Å². The Morgan fingerprint density at radius 2 is 1.47 bits per heavy atom. The van der Waals surface area contributed by atoms with Gasteiger partial charge in [-0.3, -0.25) is 4.79 Å². The van der Waals surface area contributed by atoms with Gasteiger partial charge >= 0.3 is 0 Å². The van der Waals surface area contributed by atoms with Gasteiger partial charge in [0.25, 0.3) is 5.91 Å². The summed E-state index contributed by atoms with van der Waals surface area (Å²) in [7, 11) is -1.99. The zero-order valence-corrected chi connectivity index (χ0v) is 21.0. The van der Waals surface area contributed by atoms with Gasteiger partial charge in [-0.2, -0.15) is 0 Å². The molecule has 1 amide bonds. The minimum absolute atomic E-state index is 0.0155. The average molecular weight is 467 g/mol. The summed E-state index contributed by atoms with van der Waals surface area (Å²) in [5, 5.41) is 4.34. The largest absolute Gasteiger partial charge is 0.406 e. The van der Waals surface area contributed by atoms with Crippen LogP contribution in [0.25, 0.3) is 10.8 Å². The van der Waals surface area contributed by atoms with E-state index >= 15 is 0 Å². The molecule has 0 spiro atoms. The van der Waals surface area contributed by atoms with Gasteiger partial charge in [-0.15, -0.1) is 0 Å². The van der Waals surface area contributed by atoms with E-state index in [1.807, 2.05) is 47.4 Å². The summed E-state index contributed by atoms with van der Waals surface area (Å²) in [5.41, 5.74) is 8.39. The number of carbonyl (C=O) groups is 1. The van der Waals surface area contributed by atoms with E-state index < -0.39 is 9.04 Å². The maximum absolute atomic E-state index is 13.5. The molecule has 0 aromatic heterocycles. The Balaban J connectivity index is 1.52. The van der Waals surface area contributed by atoms with Crippen LogP contribution >= 0.6 is 0 Å². The molecule has 0 aliphatic carbocycles. The fourth-order valence-electron chi connectivity index (χ4n) is 4.71. The van der Waals surface area contributed by atoms with Crippen LogP contribution < -0.4 is 21.0 Å². The Morgan fingerprint density at radius 1 is 0.853 bits per heavy atom. The SMILES string of the molecule is CC(C)(C)C(CN1C(=O)c2cccc3c(N)ccc1c23)O[SiH](c1ccccc1)c1ccccc1. The lowest BCUT2D eigenvalue weighted by Gasteiger charge is -2.37. The third-order valence-electron chi connectivity index (χ3n) is 6.64. The number of nitrogen functional groups attached to an aromatic ring is 1. The molecule has 5 heteroatoms. The minimum atomic E-state index is -1.99. The molecule has 34 heavy (non-hydrogen) atoms. The van der Waals surface area contributed by atoms with Gasteiger partial charge < -0.3 is 15.1 Å². The summed E-state index contributed by atoms with van der Waals surface area (Å²) in [6.07, 6.45) is -0.157. The van der Waals surface area contributed by atoms with Crippen molar-refractivity contribution in [1.29, 1.82) is 0 Å². The Hall–Kier alpha value is -3.41. The lowest BCUT2D eigenvalue weighted by Crippen LogP contribution is -2.53. The normalized spacial score (nSPS) is 14.2. The molecule has 0 saturated heterocycles. The minimum Gasteiger partial charge on any atom is -0.406 e. The van der Waals surface area contributed by atoms with Gasteiger partial charge in [0.05, 0.1) is 18.3 Å². The van der Waals surface area contributed by atoms with Crippen molar-refractivity contribution in [2.75, 3.05) is 17.2 Å². The molecule has 4 nitrogen and oxygen atoms in total. The van der Waals surface area contributed by atoms with E-state index in [-0.39, 0.29) is 17.4 Å². The lowest BCUT2D eigenvalue weighted by molar-refractivity contribution is 0.0842. The fourth-order valence-corrected chi connectivity index (χ4v) is 7.37. The van der Waals surface area contributed by atoms with E-state index in [9.17, 15) is 4.79 Å². The zero-order chi connectivity index (χ0) is 23.9. The Bertz CT molecular complexity index is 1290. The molecule has 2 N–H and O–H groups in total. The van der Waals surface area contributed by atoms with Crippen molar-refractivity contribution in [3.8, 4) is 0 Å². The molecule has 0 fully saturated rings. The molecule has 1 heterocycles. The monoisotopic (exact) mass is 466 g/mol. The molecular formula is C29H30N2O2Si. The van der Waals surface area contributed by atoms with Gasteiger partial charge in [0.15, 0.2) is 0 Å². The Morgan fingerprint density at radius 3 is 2.06 bits per heavy atom. The van der Waals surface area contributed by atoms with Gasteiger partial charge in [0.2, 0.25) is 9.04 Å². The van der Waals surface area contributed by atoms with Crippen molar-refractivity contribution >= 4 is 47.5 Å². The van der Waals surface area contributed by atoms with Crippen molar-refractivity contribution in [2.24, 2.45) is 5.41 Å². The predicted molar refractivity (Wildman–Crippen MR) is 144 cm³/mol. The highest BCUT2D eigenvalue weighted by molar-refractivity contribution is 6.80. The number of carbonyl (C=O) groups excluding carboxylic acids is 1. The van der Waals surface area contributed by atoms with Crippen LogP contribution in [0.2, 0.25) is 0 Å². The summed E-state index contributed by atoms with van der Waals surface area (Å²) in [5.74, 6) is 0.0155. The number of anilines is 2. The number of nitrogens with zero attached hydrogens (tertiary/aromatic N) is 1. The van der Waals surface area contributed by atoms with Crippen LogP contribution in [0.3, 0.4) is 0 Å². The fraction of sp³-hybridized carbons (Fsp3) is 0.207. The molecule has 0 saturated carbocycles. The topological polar surface area (TPSA) is 55.6 Å². The Kier molecular flexibility index (Phi) is 5.76. The highest BCUT2D eigenvalue weighted by Gasteiger charge is 2.37. The third kappa shape index (κ3) is 4.02. The molecule has 1 unspecified atom stereocenters. The van der Waals surface area contributed by atoms with E-state index in [2.05, 4.69) is 69.3 Å².